The quantitative estimate of drug-likeness (QED) is 0.833. The lowest BCUT2D eigenvalue weighted by atomic mass is 9.79. The molecule has 1 aliphatic rings. The first-order chi connectivity index (χ1) is 10.2. The van der Waals surface area contributed by atoms with Crippen molar-refractivity contribution < 1.29 is 4.39 Å². The van der Waals surface area contributed by atoms with Crippen molar-refractivity contribution in [3.8, 4) is 0 Å². The summed E-state index contributed by atoms with van der Waals surface area (Å²) in [5.41, 5.74) is 3.59. The van der Waals surface area contributed by atoms with Crippen LogP contribution >= 0.6 is 11.6 Å². The highest BCUT2D eigenvalue weighted by atomic mass is 35.5. The van der Waals surface area contributed by atoms with Crippen molar-refractivity contribution in [3.63, 3.8) is 0 Å². The van der Waals surface area contributed by atoms with Crippen molar-refractivity contribution in [2.75, 3.05) is 7.05 Å². The van der Waals surface area contributed by atoms with E-state index in [1.165, 1.54) is 36.5 Å². The maximum absolute atomic E-state index is 13.3. The molecule has 1 aliphatic carbocycles. The molecule has 2 aromatic carbocycles. The molecule has 0 amide bonds. The summed E-state index contributed by atoms with van der Waals surface area (Å²) < 4.78 is 13.3. The third kappa shape index (κ3) is 2.97. The third-order valence-corrected chi connectivity index (χ3v) is 4.68. The van der Waals surface area contributed by atoms with E-state index in [1.807, 2.05) is 7.05 Å². The third-order valence-electron chi connectivity index (χ3n) is 4.39. The van der Waals surface area contributed by atoms with E-state index in [0.29, 0.717) is 5.92 Å². The lowest BCUT2D eigenvalue weighted by Gasteiger charge is -2.27. The molecular weight excluding hydrogens is 285 g/mol. The van der Waals surface area contributed by atoms with Crippen molar-refractivity contribution in [1.82, 2.24) is 5.32 Å². The fraction of sp³-hybridized carbons (Fsp3) is 0.333. The van der Waals surface area contributed by atoms with Crippen LogP contribution in [-0.4, -0.2) is 7.05 Å². The largest absolute Gasteiger partial charge is 0.309 e. The minimum atomic E-state index is -0.376. The number of halogens is 2. The number of nitrogens with one attached hydrogen (secondary N) is 1. The van der Waals surface area contributed by atoms with E-state index in [1.54, 1.807) is 12.1 Å². The van der Waals surface area contributed by atoms with Crippen LogP contribution in [0.25, 0.3) is 0 Å². The summed E-state index contributed by atoms with van der Waals surface area (Å²) in [5.74, 6) is 0.331. The van der Waals surface area contributed by atoms with Crippen LogP contribution in [0, 0.1) is 5.82 Å². The van der Waals surface area contributed by atoms with Gasteiger partial charge in [0.1, 0.15) is 5.82 Å². The predicted molar refractivity (Wildman–Crippen MR) is 85.3 cm³/mol. The van der Waals surface area contributed by atoms with E-state index in [0.717, 1.165) is 5.56 Å². The molecule has 110 valence electrons. The zero-order valence-electron chi connectivity index (χ0n) is 12.1. The van der Waals surface area contributed by atoms with Crippen molar-refractivity contribution in [3.05, 3.63) is 70.0 Å². The summed E-state index contributed by atoms with van der Waals surface area (Å²) in [7, 11) is 1.91. The molecule has 0 heterocycles. The summed E-state index contributed by atoms with van der Waals surface area (Å²) in [6, 6.07) is 13.6. The maximum atomic E-state index is 13.3. The number of benzene rings is 2. The van der Waals surface area contributed by atoms with Crippen LogP contribution in [0.15, 0.2) is 42.5 Å². The summed E-state index contributed by atoms with van der Waals surface area (Å²) in [6.45, 7) is 0. The zero-order chi connectivity index (χ0) is 14.8. The Balaban J connectivity index is 1.93. The normalized spacial score (nSPS) is 16.5. The van der Waals surface area contributed by atoms with E-state index >= 15 is 0 Å². The maximum Gasteiger partial charge on any atom is 0.141 e. The van der Waals surface area contributed by atoms with Gasteiger partial charge in [0.05, 0.1) is 11.1 Å². The highest BCUT2D eigenvalue weighted by molar-refractivity contribution is 6.30. The van der Waals surface area contributed by atoms with Gasteiger partial charge in [0.15, 0.2) is 0 Å². The summed E-state index contributed by atoms with van der Waals surface area (Å²) in [6.07, 6.45) is 3.91. The lowest BCUT2D eigenvalue weighted by molar-refractivity contribution is 0.419. The number of hydrogen-bond donors (Lipinski definition) is 1. The van der Waals surface area contributed by atoms with Gasteiger partial charge in [-0.1, -0.05) is 48.4 Å². The lowest BCUT2D eigenvalue weighted by Crippen LogP contribution is -2.18. The molecule has 0 spiro atoms. The summed E-state index contributed by atoms with van der Waals surface area (Å²) in [4.78, 5) is 0. The molecule has 1 nitrogen and oxygen atoms in total. The molecule has 1 unspecified atom stereocenters. The average molecular weight is 304 g/mol. The van der Waals surface area contributed by atoms with Crippen LogP contribution in [0.4, 0.5) is 4.39 Å². The van der Waals surface area contributed by atoms with Crippen LogP contribution in [-0.2, 0) is 0 Å². The van der Waals surface area contributed by atoms with Gasteiger partial charge in [-0.25, -0.2) is 4.39 Å². The fourth-order valence-electron chi connectivity index (χ4n) is 2.95. The SMILES string of the molecule is CNC(c1cccc(C2CCC2)c1)c1ccc(F)c(Cl)c1. The minimum Gasteiger partial charge on any atom is -0.309 e. The molecule has 1 saturated carbocycles. The number of rotatable bonds is 4. The van der Waals surface area contributed by atoms with E-state index in [9.17, 15) is 4.39 Å². The molecule has 0 radical (unpaired) electrons. The van der Waals surface area contributed by atoms with Crippen LogP contribution in [0.5, 0.6) is 0 Å². The van der Waals surface area contributed by atoms with Crippen LogP contribution in [0.2, 0.25) is 5.02 Å². The van der Waals surface area contributed by atoms with Gasteiger partial charge in [0, 0.05) is 0 Å². The van der Waals surface area contributed by atoms with Crippen molar-refractivity contribution in [2.45, 2.75) is 31.2 Å². The Bertz CT molecular complexity index is 637. The van der Waals surface area contributed by atoms with E-state index in [-0.39, 0.29) is 16.9 Å². The standard InChI is InChI=1S/C18H19ClFN/c1-21-18(15-8-9-17(20)16(19)11-15)14-7-3-6-13(10-14)12-4-2-5-12/h3,6-12,18,21H,2,4-5H2,1H3. The molecular formula is C18H19ClFN. The molecule has 0 saturated heterocycles. The van der Waals surface area contributed by atoms with Gasteiger partial charge in [0.25, 0.3) is 0 Å². The highest BCUT2D eigenvalue weighted by Gasteiger charge is 2.21. The zero-order valence-corrected chi connectivity index (χ0v) is 12.8. The predicted octanol–water partition coefficient (Wildman–Crippen LogP) is 5.06. The van der Waals surface area contributed by atoms with Crippen molar-refractivity contribution in [2.24, 2.45) is 0 Å². The Morgan fingerprint density at radius 2 is 1.90 bits per heavy atom. The molecule has 21 heavy (non-hydrogen) atoms. The second kappa shape index (κ2) is 6.17. The van der Waals surface area contributed by atoms with Crippen molar-refractivity contribution in [1.29, 1.82) is 0 Å². The van der Waals surface area contributed by atoms with Gasteiger partial charge >= 0.3 is 0 Å². The van der Waals surface area contributed by atoms with Gasteiger partial charge in [-0.2, -0.15) is 0 Å². The Morgan fingerprint density at radius 1 is 1.14 bits per heavy atom. The topological polar surface area (TPSA) is 12.0 Å². The first kappa shape index (κ1) is 14.6. The first-order valence-corrected chi connectivity index (χ1v) is 7.79. The Hall–Kier alpha value is -1.38. The molecule has 0 aliphatic heterocycles. The van der Waals surface area contributed by atoms with Gasteiger partial charge in [-0.15, -0.1) is 0 Å². The average Bonchev–Trinajstić information content (AvgIpc) is 2.42. The van der Waals surface area contributed by atoms with Crippen molar-refractivity contribution >= 4 is 11.6 Å². The smallest absolute Gasteiger partial charge is 0.141 e. The highest BCUT2D eigenvalue weighted by Crippen LogP contribution is 2.37. The molecule has 3 heteroatoms. The molecule has 1 N–H and O–H groups in total. The second-order valence-electron chi connectivity index (χ2n) is 5.69. The molecule has 0 aromatic heterocycles. The number of hydrogen-bond acceptors (Lipinski definition) is 1. The van der Waals surface area contributed by atoms with E-state index in [2.05, 4.69) is 29.6 Å². The Morgan fingerprint density at radius 3 is 2.52 bits per heavy atom. The van der Waals surface area contributed by atoms with E-state index < -0.39 is 0 Å². The fourth-order valence-corrected chi connectivity index (χ4v) is 3.14. The van der Waals surface area contributed by atoms with E-state index in [4.69, 9.17) is 11.6 Å². The van der Waals surface area contributed by atoms with Gasteiger partial charge in [0.2, 0.25) is 0 Å². The van der Waals surface area contributed by atoms with Gasteiger partial charge in [-0.3, -0.25) is 0 Å². The van der Waals surface area contributed by atoms with Crippen LogP contribution < -0.4 is 5.32 Å². The van der Waals surface area contributed by atoms with Crippen LogP contribution in [0.1, 0.15) is 47.9 Å². The first-order valence-electron chi connectivity index (χ1n) is 7.41. The van der Waals surface area contributed by atoms with Gasteiger partial charge in [-0.05, 0) is 54.6 Å². The van der Waals surface area contributed by atoms with Crippen LogP contribution in [0.3, 0.4) is 0 Å². The monoisotopic (exact) mass is 303 g/mol. The molecule has 0 bridgehead atoms. The minimum absolute atomic E-state index is 0.0307. The molecule has 3 rings (SSSR count). The summed E-state index contributed by atoms with van der Waals surface area (Å²) >= 11 is 5.91. The molecule has 1 atom stereocenters. The van der Waals surface area contributed by atoms with Gasteiger partial charge < -0.3 is 5.32 Å². The molecule has 1 fully saturated rings. The Kier molecular flexibility index (Phi) is 4.27. The Labute approximate surface area is 130 Å². The summed E-state index contributed by atoms with van der Waals surface area (Å²) in [5, 5.41) is 3.47. The second-order valence-corrected chi connectivity index (χ2v) is 6.10. The molecule has 2 aromatic rings.